The second kappa shape index (κ2) is 11.6. The SMILES string of the molecule is CC1=CCC[C@@]2(C)[C@@H](CC[C@@]2(O)CN2CCC(C(N)=O)CC2)c2ccc(cc2C(=O)c2ccco2)C[C@@H](O)CC1. The van der Waals surface area contributed by atoms with Gasteiger partial charge in [0.1, 0.15) is 0 Å². The number of hydrogen-bond acceptors (Lipinski definition) is 6. The zero-order chi connectivity index (χ0) is 28.5. The molecule has 1 saturated carbocycles. The van der Waals surface area contributed by atoms with Crippen molar-refractivity contribution < 1.29 is 24.2 Å². The van der Waals surface area contributed by atoms with Crippen molar-refractivity contribution in [3.05, 3.63) is 70.7 Å². The van der Waals surface area contributed by atoms with E-state index in [2.05, 4.69) is 30.9 Å². The maximum absolute atomic E-state index is 13.8. The zero-order valence-electron chi connectivity index (χ0n) is 23.9. The van der Waals surface area contributed by atoms with E-state index in [-0.39, 0.29) is 23.5 Å². The number of aliphatic hydroxyl groups excluding tert-OH is 1. The van der Waals surface area contributed by atoms with E-state index in [4.69, 9.17) is 10.2 Å². The van der Waals surface area contributed by atoms with Gasteiger partial charge in [-0.2, -0.15) is 0 Å². The van der Waals surface area contributed by atoms with E-state index in [0.717, 1.165) is 62.7 Å². The van der Waals surface area contributed by atoms with Crippen molar-refractivity contribution in [3.8, 4) is 0 Å². The lowest BCUT2D eigenvalue weighted by Crippen LogP contribution is -2.54. The van der Waals surface area contributed by atoms with Crippen LogP contribution in [-0.4, -0.2) is 58.1 Å². The van der Waals surface area contributed by atoms with Crippen LogP contribution in [0.2, 0.25) is 0 Å². The number of fused-ring (bicyclic) bond motifs is 8. The Morgan fingerprint density at radius 3 is 2.60 bits per heavy atom. The highest BCUT2D eigenvalue weighted by molar-refractivity contribution is 6.08. The topological polar surface area (TPSA) is 117 Å². The number of carbonyl (C=O) groups is 2. The molecule has 1 saturated heterocycles. The van der Waals surface area contributed by atoms with Crippen LogP contribution in [-0.2, 0) is 11.2 Å². The van der Waals surface area contributed by atoms with Gasteiger partial charge in [-0.05, 0) is 113 Å². The third-order valence-electron chi connectivity index (χ3n) is 10.1. The number of carbonyl (C=O) groups excluding carboxylic acids is 2. The first-order chi connectivity index (χ1) is 19.1. The molecule has 7 heteroatoms. The standard InChI is InChI=1S/C33H44N2O5/c1-22-5-3-14-32(2)28(11-15-33(32,39)21-35-16-12-24(13-17-35)31(34)38)26-10-8-23(19-25(36)9-7-22)20-27(26)30(37)29-6-4-18-40-29/h4-6,8,10,18,20,24-25,28,36,39H,3,7,9,11-17,19,21H2,1-2H3,(H2,34,38)/t25-,28-,32-,33+/m0/s1. The smallest absolute Gasteiger partial charge is 0.228 e. The van der Waals surface area contributed by atoms with E-state index in [1.165, 1.54) is 11.8 Å². The summed E-state index contributed by atoms with van der Waals surface area (Å²) < 4.78 is 5.52. The van der Waals surface area contributed by atoms with Crippen molar-refractivity contribution in [1.29, 1.82) is 0 Å². The molecule has 4 N–H and O–H groups in total. The van der Waals surface area contributed by atoms with Crippen LogP contribution < -0.4 is 5.73 Å². The van der Waals surface area contributed by atoms with E-state index in [1.807, 2.05) is 12.1 Å². The summed E-state index contributed by atoms with van der Waals surface area (Å²) in [4.78, 5) is 27.8. The van der Waals surface area contributed by atoms with Crippen LogP contribution in [0.5, 0.6) is 0 Å². The summed E-state index contributed by atoms with van der Waals surface area (Å²) in [6.07, 6.45) is 9.72. The molecule has 0 unspecified atom stereocenters. The zero-order valence-corrected chi connectivity index (χ0v) is 23.9. The van der Waals surface area contributed by atoms with Crippen molar-refractivity contribution in [2.75, 3.05) is 19.6 Å². The molecule has 3 aliphatic carbocycles. The Kier molecular flexibility index (Phi) is 8.37. The fraction of sp³-hybridized carbons (Fsp3) is 0.576. The van der Waals surface area contributed by atoms with Gasteiger partial charge in [-0.25, -0.2) is 0 Å². The van der Waals surface area contributed by atoms with Crippen LogP contribution in [0.1, 0.15) is 98.4 Å². The predicted molar refractivity (Wildman–Crippen MR) is 154 cm³/mol. The molecule has 2 fully saturated rings. The Hall–Kier alpha value is -2.74. The summed E-state index contributed by atoms with van der Waals surface area (Å²) >= 11 is 0. The summed E-state index contributed by atoms with van der Waals surface area (Å²) in [5.74, 6) is -0.210. The molecular weight excluding hydrogens is 504 g/mol. The van der Waals surface area contributed by atoms with Crippen LogP contribution in [0, 0.1) is 11.3 Å². The molecule has 1 amide bonds. The molecule has 1 aromatic carbocycles. The Morgan fingerprint density at radius 2 is 1.90 bits per heavy atom. The number of ketones is 1. The normalized spacial score (nSPS) is 30.4. The van der Waals surface area contributed by atoms with Gasteiger partial charge in [0.2, 0.25) is 11.7 Å². The number of amides is 1. The first kappa shape index (κ1) is 28.8. The van der Waals surface area contributed by atoms with Gasteiger partial charge in [0.15, 0.2) is 5.76 Å². The van der Waals surface area contributed by atoms with Gasteiger partial charge in [-0.1, -0.05) is 30.7 Å². The lowest BCUT2D eigenvalue weighted by Gasteiger charge is -2.47. The monoisotopic (exact) mass is 548 g/mol. The largest absolute Gasteiger partial charge is 0.461 e. The third-order valence-corrected chi connectivity index (χ3v) is 10.1. The first-order valence-electron chi connectivity index (χ1n) is 14.9. The van der Waals surface area contributed by atoms with Crippen molar-refractivity contribution in [3.63, 3.8) is 0 Å². The Morgan fingerprint density at radius 1 is 1.12 bits per heavy atom. The van der Waals surface area contributed by atoms with E-state index in [1.54, 1.807) is 12.1 Å². The van der Waals surface area contributed by atoms with Gasteiger partial charge in [-0.3, -0.25) is 9.59 Å². The summed E-state index contributed by atoms with van der Waals surface area (Å²) in [7, 11) is 0. The van der Waals surface area contributed by atoms with Gasteiger partial charge in [0.05, 0.1) is 18.0 Å². The molecule has 7 nitrogen and oxygen atoms in total. The molecule has 40 heavy (non-hydrogen) atoms. The minimum absolute atomic E-state index is 0.0230. The highest BCUT2D eigenvalue weighted by Gasteiger charge is 2.57. The summed E-state index contributed by atoms with van der Waals surface area (Å²) in [6.45, 7) is 6.36. The highest BCUT2D eigenvalue weighted by Crippen LogP contribution is 2.59. The van der Waals surface area contributed by atoms with Crippen molar-refractivity contribution >= 4 is 11.7 Å². The summed E-state index contributed by atoms with van der Waals surface area (Å²) in [5.41, 5.74) is 7.87. The minimum Gasteiger partial charge on any atom is -0.461 e. The fourth-order valence-electron chi connectivity index (χ4n) is 7.48. The molecule has 2 aromatic rings. The number of nitrogens with two attached hydrogens (primary N) is 1. The second-order valence-corrected chi connectivity index (χ2v) is 12.7. The van der Waals surface area contributed by atoms with Gasteiger partial charge in [0, 0.05) is 23.4 Å². The lowest BCUT2D eigenvalue weighted by molar-refractivity contribution is -0.124. The maximum Gasteiger partial charge on any atom is 0.228 e. The lowest BCUT2D eigenvalue weighted by atomic mass is 9.64. The van der Waals surface area contributed by atoms with Crippen molar-refractivity contribution in [1.82, 2.24) is 4.90 Å². The van der Waals surface area contributed by atoms with Crippen molar-refractivity contribution in [2.24, 2.45) is 17.1 Å². The molecule has 4 atom stereocenters. The number of likely N-dealkylation sites (tertiary alicyclic amines) is 1. The number of allylic oxidation sites excluding steroid dienone is 2. The Labute approximate surface area is 237 Å². The number of furan rings is 1. The van der Waals surface area contributed by atoms with Crippen LogP contribution in [0.3, 0.4) is 0 Å². The highest BCUT2D eigenvalue weighted by atomic mass is 16.3. The molecule has 0 spiro atoms. The number of nitrogens with zero attached hydrogens (tertiary/aromatic N) is 1. The molecule has 0 radical (unpaired) electrons. The van der Waals surface area contributed by atoms with Gasteiger partial charge in [-0.15, -0.1) is 0 Å². The number of benzene rings is 1. The van der Waals surface area contributed by atoms with Crippen LogP contribution >= 0.6 is 0 Å². The molecule has 1 aromatic heterocycles. The van der Waals surface area contributed by atoms with Gasteiger partial charge < -0.3 is 25.3 Å². The summed E-state index contributed by atoms with van der Waals surface area (Å²) in [5, 5.41) is 23.2. The number of piperidine rings is 1. The third kappa shape index (κ3) is 5.69. The number of primary amides is 1. The summed E-state index contributed by atoms with van der Waals surface area (Å²) in [6, 6.07) is 9.45. The molecule has 216 valence electrons. The van der Waals surface area contributed by atoms with Crippen LogP contribution in [0.4, 0.5) is 0 Å². The van der Waals surface area contributed by atoms with E-state index in [0.29, 0.717) is 37.1 Å². The number of rotatable bonds is 5. The number of aliphatic hydroxyl groups is 2. The van der Waals surface area contributed by atoms with E-state index in [9.17, 15) is 19.8 Å². The molecular formula is C33H44N2O5. The molecule has 1 aliphatic heterocycles. The second-order valence-electron chi connectivity index (χ2n) is 12.7. The molecule has 2 heterocycles. The molecule has 2 bridgehead atoms. The van der Waals surface area contributed by atoms with E-state index < -0.39 is 17.1 Å². The fourth-order valence-corrected chi connectivity index (χ4v) is 7.48. The van der Waals surface area contributed by atoms with Crippen LogP contribution in [0.25, 0.3) is 0 Å². The molecule has 6 rings (SSSR count). The molecule has 4 aliphatic rings. The minimum atomic E-state index is -0.949. The van der Waals surface area contributed by atoms with Crippen molar-refractivity contribution in [2.45, 2.75) is 89.3 Å². The quantitative estimate of drug-likeness (QED) is 0.367. The van der Waals surface area contributed by atoms with E-state index >= 15 is 0 Å². The van der Waals surface area contributed by atoms with Crippen LogP contribution in [0.15, 0.2) is 52.7 Å². The average Bonchev–Trinajstić information content (AvgIpc) is 3.55. The van der Waals surface area contributed by atoms with Gasteiger partial charge in [0.25, 0.3) is 0 Å². The average molecular weight is 549 g/mol. The number of β-amino-alcohol motifs (C(OH)–C–C–N with tert-alkyl or cyclic N) is 1. The Bertz CT molecular complexity index is 1250. The number of hydrogen-bond donors (Lipinski definition) is 3. The maximum atomic E-state index is 13.8. The predicted octanol–water partition coefficient (Wildman–Crippen LogP) is 4.75. The van der Waals surface area contributed by atoms with Gasteiger partial charge >= 0.3 is 0 Å². The Balaban J connectivity index is 1.53. The first-order valence-corrected chi connectivity index (χ1v) is 14.9.